The van der Waals surface area contributed by atoms with Gasteiger partial charge in [0.2, 0.25) is 11.8 Å². The second-order valence-electron chi connectivity index (χ2n) is 8.92. The fourth-order valence-electron chi connectivity index (χ4n) is 6.02. The van der Waals surface area contributed by atoms with Crippen molar-refractivity contribution in [1.29, 1.82) is 0 Å². The van der Waals surface area contributed by atoms with Gasteiger partial charge in [0.25, 0.3) is 11.8 Å². The third-order valence-corrected chi connectivity index (χ3v) is 7.43. The lowest BCUT2D eigenvalue weighted by atomic mass is 9.81. The average Bonchev–Trinajstić information content (AvgIpc) is 3.52. The van der Waals surface area contributed by atoms with Crippen molar-refractivity contribution >= 4 is 41.0 Å². The number of carbonyl (C=O) groups is 5. The average molecular weight is 430 g/mol. The molecule has 0 unspecified atom stereocenters. The quantitative estimate of drug-likeness (QED) is 0.750. The minimum absolute atomic E-state index is 0.0344. The lowest BCUT2D eigenvalue weighted by molar-refractivity contribution is -0.123. The van der Waals surface area contributed by atoms with Crippen LogP contribution in [0.3, 0.4) is 0 Å². The number of anilines is 2. The summed E-state index contributed by atoms with van der Waals surface area (Å²) in [7, 11) is 0. The molecule has 8 heteroatoms. The van der Waals surface area contributed by atoms with Crippen molar-refractivity contribution in [2.24, 2.45) is 23.7 Å². The zero-order valence-electron chi connectivity index (χ0n) is 16.9. The molecule has 160 valence electrons. The van der Waals surface area contributed by atoms with Crippen LogP contribution in [-0.2, 0) is 9.59 Å². The highest BCUT2D eigenvalue weighted by Gasteiger charge is 2.61. The molecule has 0 radical (unpaired) electrons. The lowest BCUT2D eigenvalue weighted by Crippen LogP contribution is -2.33. The summed E-state index contributed by atoms with van der Waals surface area (Å²) in [5.74, 6) is -2.51. The molecule has 2 aliphatic heterocycles. The molecule has 8 nitrogen and oxygen atoms in total. The number of benzene rings is 2. The number of hydrogen-bond acceptors (Lipinski definition) is 5. The molecule has 4 atom stereocenters. The van der Waals surface area contributed by atoms with E-state index < -0.39 is 17.8 Å². The number of carbonyl (C=O) groups excluding carboxylic acids is 4. The van der Waals surface area contributed by atoms with Crippen LogP contribution in [-0.4, -0.2) is 34.7 Å². The molecule has 0 aromatic heterocycles. The standard InChI is InChI=1S/C24H18N2O6/c27-20-16-8-3-13(24(31)32)10-17(16)21(28)25(20)14-4-6-15(7-5-14)26-22(29)18-11-1-2-12(9-11)19(18)23(26)30/h3-8,10-12,18-19H,1-2,9H2,(H,31,32)/t11-,12+,18-,19-/m0/s1. The highest BCUT2D eigenvalue weighted by Crippen LogP contribution is 2.56. The number of imide groups is 2. The fraction of sp³-hybridized carbons (Fsp3) is 0.292. The molecule has 2 saturated carbocycles. The molecule has 1 saturated heterocycles. The maximum atomic E-state index is 13.0. The van der Waals surface area contributed by atoms with E-state index in [-0.39, 0.29) is 46.0 Å². The molecule has 2 aromatic carbocycles. The monoisotopic (exact) mass is 430 g/mol. The minimum atomic E-state index is -1.19. The molecule has 3 fully saturated rings. The number of fused-ring (bicyclic) bond motifs is 6. The van der Waals surface area contributed by atoms with Gasteiger partial charge < -0.3 is 5.11 Å². The summed E-state index contributed by atoms with van der Waals surface area (Å²) in [6.45, 7) is 0. The highest BCUT2D eigenvalue weighted by atomic mass is 16.4. The number of aromatic carboxylic acids is 1. The van der Waals surface area contributed by atoms with Gasteiger partial charge in [0.1, 0.15) is 0 Å². The van der Waals surface area contributed by atoms with Gasteiger partial charge in [-0.3, -0.25) is 24.1 Å². The number of nitrogens with zero attached hydrogens (tertiary/aromatic N) is 2. The fourth-order valence-corrected chi connectivity index (χ4v) is 6.02. The maximum absolute atomic E-state index is 13.0. The van der Waals surface area contributed by atoms with E-state index in [0.717, 1.165) is 24.2 Å². The molecular weight excluding hydrogens is 412 g/mol. The second kappa shape index (κ2) is 6.35. The summed E-state index contributed by atoms with van der Waals surface area (Å²) in [6.07, 6.45) is 2.96. The van der Waals surface area contributed by atoms with Gasteiger partial charge in [0.05, 0.1) is 39.9 Å². The van der Waals surface area contributed by atoms with E-state index in [9.17, 15) is 24.0 Å². The summed E-state index contributed by atoms with van der Waals surface area (Å²) in [4.78, 5) is 65.1. The van der Waals surface area contributed by atoms with Gasteiger partial charge in [-0.2, -0.15) is 0 Å². The first kappa shape index (κ1) is 18.9. The number of hydrogen-bond donors (Lipinski definition) is 1. The molecule has 2 bridgehead atoms. The van der Waals surface area contributed by atoms with Crippen molar-refractivity contribution in [1.82, 2.24) is 0 Å². The van der Waals surface area contributed by atoms with Gasteiger partial charge in [0.15, 0.2) is 0 Å². The van der Waals surface area contributed by atoms with Crippen LogP contribution < -0.4 is 9.80 Å². The summed E-state index contributed by atoms with van der Waals surface area (Å²) in [5.41, 5.74) is 0.815. The van der Waals surface area contributed by atoms with Crippen molar-refractivity contribution in [3.8, 4) is 0 Å². The molecule has 32 heavy (non-hydrogen) atoms. The molecule has 2 aromatic rings. The SMILES string of the molecule is O=C(O)c1ccc2c(c1)C(=O)N(c1ccc(N3C(=O)[C@H]4[C@@H]5CC[C@@H](C5)[C@@H]4C3=O)cc1)C2=O. The van der Waals surface area contributed by atoms with Crippen molar-refractivity contribution in [3.63, 3.8) is 0 Å². The topological polar surface area (TPSA) is 112 Å². The van der Waals surface area contributed by atoms with E-state index in [2.05, 4.69) is 0 Å². The first-order valence-electron chi connectivity index (χ1n) is 10.6. The first-order chi connectivity index (χ1) is 15.4. The Hall–Kier alpha value is -3.81. The van der Waals surface area contributed by atoms with Gasteiger partial charge in [-0.05, 0) is 73.6 Å². The van der Waals surface area contributed by atoms with E-state index in [0.29, 0.717) is 17.5 Å². The number of carboxylic acids is 1. The van der Waals surface area contributed by atoms with Crippen molar-refractivity contribution in [3.05, 3.63) is 59.2 Å². The van der Waals surface area contributed by atoms with E-state index in [1.165, 1.54) is 35.2 Å². The largest absolute Gasteiger partial charge is 0.478 e. The second-order valence-corrected chi connectivity index (χ2v) is 8.92. The number of carboxylic acid groups (broad SMARTS) is 1. The molecule has 2 heterocycles. The van der Waals surface area contributed by atoms with Gasteiger partial charge in [0, 0.05) is 0 Å². The van der Waals surface area contributed by atoms with Crippen LogP contribution in [0.25, 0.3) is 0 Å². The van der Waals surface area contributed by atoms with Crippen LogP contribution in [0.15, 0.2) is 42.5 Å². The van der Waals surface area contributed by atoms with E-state index >= 15 is 0 Å². The summed E-state index contributed by atoms with van der Waals surface area (Å²) >= 11 is 0. The Morgan fingerprint density at radius 1 is 0.750 bits per heavy atom. The molecule has 6 rings (SSSR count). The normalized spacial score (nSPS) is 28.0. The number of rotatable bonds is 3. The first-order valence-corrected chi connectivity index (χ1v) is 10.6. The van der Waals surface area contributed by atoms with Crippen molar-refractivity contribution in [2.45, 2.75) is 19.3 Å². The third-order valence-electron chi connectivity index (χ3n) is 7.43. The van der Waals surface area contributed by atoms with Crippen molar-refractivity contribution in [2.75, 3.05) is 9.80 Å². The van der Waals surface area contributed by atoms with E-state index in [1.807, 2.05) is 0 Å². The zero-order valence-corrected chi connectivity index (χ0v) is 16.9. The van der Waals surface area contributed by atoms with Gasteiger partial charge in [-0.1, -0.05) is 0 Å². The molecule has 4 aliphatic rings. The van der Waals surface area contributed by atoms with Crippen LogP contribution in [0.4, 0.5) is 11.4 Å². The molecule has 2 aliphatic carbocycles. The maximum Gasteiger partial charge on any atom is 0.335 e. The van der Waals surface area contributed by atoms with E-state index in [4.69, 9.17) is 5.11 Å². The predicted octanol–water partition coefficient (Wildman–Crippen LogP) is 2.72. The third kappa shape index (κ3) is 2.34. The van der Waals surface area contributed by atoms with Crippen LogP contribution in [0, 0.1) is 23.7 Å². The van der Waals surface area contributed by atoms with Crippen LogP contribution in [0.2, 0.25) is 0 Å². The van der Waals surface area contributed by atoms with Gasteiger partial charge >= 0.3 is 5.97 Å². The Morgan fingerprint density at radius 2 is 1.28 bits per heavy atom. The Balaban J connectivity index is 1.29. The van der Waals surface area contributed by atoms with Crippen LogP contribution in [0.1, 0.15) is 50.3 Å². The van der Waals surface area contributed by atoms with Gasteiger partial charge in [-0.25, -0.2) is 9.69 Å². The predicted molar refractivity (Wildman–Crippen MR) is 111 cm³/mol. The van der Waals surface area contributed by atoms with Gasteiger partial charge in [-0.15, -0.1) is 0 Å². The van der Waals surface area contributed by atoms with E-state index in [1.54, 1.807) is 12.1 Å². The Kier molecular flexibility index (Phi) is 3.75. The smallest absolute Gasteiger partial charge is 0.335 e. The highest BCUT2D eigenvalue weighted by molar-refractivity contribution is 6.34. The molecule has 1 N–H and O–H groups in total. The Morgan fingerprint density at radius 3 is 1.84 bits per heavy atom. The summed E-state index contributed by atoms with van der Waals surface area (Å²) in [6, 6.07) is 10.0. The van der Waals surface area contributed by atoms with Crippen molar-refractivity contribution < 1.29 is 29.1 Å². The summed E-state index contributed by atoms with van der Waals surface area (Å²) < 4.78 is 0. The lowest BCUT2D eigenvalue weighted by Gasteiger charge is -2.19. The Labute approximate surface area is 182 Å². The molecule has 0 spiro atoms. The summed E-state index contributed by atoms with van der Waals surface area (Å²) in [5, 5.41) is 9.15. The van der Waals surface area contributed by atoms with Crippen LogP contribution in [0.5, 0.6) is 0 Å². The van der Waals surface area contributed by atoms with Crippen LogP contribution >= 0.6 is 0 Å². The molecular formula is C24H18N2O6. The number of amides is 4. The molecule has 4 amide bonds. The minimum Gasteiger partial charge on any atom is -0.478 e. The Bertz CT molecular complexity index is 1220. The zero-order chi connectivity index (χ0) is 22.3.